The summed E-state index contributed by atoms with van der Waals surface area (Å²) in [6, 6.07) is 12.1. The maximum absolute atomic E-state index is 8.67. The van der Waals surface area contributed by atoms with Gasteiger partial charge in [0.2, 0.25) is 5.69 Å². The number of hydrogen-bond acceptors (Lipinski definition) is 0. The standard InChI is InChI=1S/C28H38N/c1-17(2)24-14-20(7)21(8)26(16-24)28-25-11-10-23(27(18(3)4)19(5)6)15-22(25)12-13-29(28)9/h10-19,27H,1-9H3/q+1/i1D3,13D,17D. The Balaban J connectivity index is 2.35. The molecular formula is C28H38N+. The molecule has 0 bridgehead atoms. The lowest BCUT2D eigenvalue weighted by atomic mass is 9.79. The first-order chi connectivity index (χ1) is 15.6. The molecule has 1 heterocycles. The van der Waals surface area contributed by atoms with Crippen LogP contribution < -0.4 is 4.57 Å². The van der Waals surface area contributed by atoms with Gasteiger partial charge in [0.25, 0.3) is 0 Å². The summed E-state index contributed by atoms with van der Waals surface area (Å²) in [5.74, 6) is -0.305. The highest BCUT2D eigenvalue weighted by Gasteiger charge is 2.23. The van der Waals surface area contributed by atoms with Crippen LogP contribution in [0.3, 0.4) is 0 Å². The topological polar surface area (TPSA) is 3.88 Å². The van der Waals surface area contributed by atoms with Crippen LogP contribution in [0, 0.1) is 25.7 Å². The average molecular weight is 394 g/mol. The first-order valence-corrected chi connectivity index (χ1v) is 10.6. The number of aromatic nitrogens is 1. The highest BCUT2D eigenvalue weighted by molar-refractivity contribution is 5.94. The van der Waals surface area contributed by atoms with Crippen LogP contribution in [0.4, 0.5) is 0 Å². The second kappa shape index (κ2) is 8.30. The van der Waals surface area contributed by atoms with Crippen LogP contribution in [0.2, 0.25) is 0 Å². The smallest absolute Gasteiger partial charge is 0.200 e. The monoisotopic (exact) mass is 393 g/mol. The summed E-state index contributed by atoms with van der Waals surface area (Å²) >= 11 is 0. The Hall–Kier alpha value is -2.15. The van der Waals surface area contributed by atoms with E-state index in [9.17, 15) is 0 Å². The van der Waals surface area contributed by atoms with Crippen molar-refractivity contribution in [1.29, 1.82) is 0 Å². The molecule has 0 aliphatic carbocycles. The maximum Gasteiger partial charge on any atom is 0.220 e. The largest absolute Gasteiger partial charge is 0.220 e. The molecule has 2 aromatic carbocycles. The van der Waals surface area contributed by atoms with Gasteiger partial charge in [0.1, 0.15) is 8.42 Å². The SMILES string of the molecule is [2H]c1cc2cc(C(C(C)C)C(C)C)ccc2c(-c2cc(C([2H])(C)C([2H])([2H])[2H])cc(C)c2C)[n+]1C. The lowest BCUT2D eigenvalue weighted by Gasteiger charge is -2.25. The third kappa shape index (κ3) is 4.10. The Morgan fingerprint density at radius 1 is 0.931 bits per heavy atom. The van der Waals surface area contributed by atoms with E-state index in [1.165, 1.54) is 12.5 Å². The Morgan fingerprint density at radius 2 is 1.62 bits per heavy atom. The van der Waals surface area contributed by atoms with Gasteiger partial charge in [-0.2, -0.15) is 0 Å². The summed E-state index contributed by atoms with van der Waals surface area (Å²) in [7, 11) is 1.88. The molecule has 0 amide bonds. The zero-order chi connectivity index (χ0) is 25.7. The zero-order valence-electron chi connectivity index (χ0n) is 24.1. The van der Waals surface area contributed by atoms with Gasteiger partial charge < -0.3 is 0 Å². The van der Waals surface area contributed by atoms with E-state index in [4.69, 9.17) is 6.85 Å². The number of rotatable bonds is 5. The highest BCUT2D eigenvalue weighted by atomic mass is 14.9. The first kappa shape index (κ1) is 15.7. The predicted octanol–water partition coefficient (Wildman–Crippen LogP) is 7.47. The zero-order valence-corrected chi connectivity index (χ0v) is 19.1. The van der Waals surface area contributed by atoms with Crippen molar-refractivity contribution in [2.24, 2.45) is 18.9 Å². The fourth-order valence-electron chi connectivity index (χ4n) is 4.72. The molecule has 0 radical (unpaired) electrons. The van der Waals surface area contributed by atoms with Crippen LogP contribution in [-0.2, 0) is 7.05 Å². The molecule has 1 aromatic heterocycles. The number of fused-ring (bicyclic) bond motifs is 1. The second-order valence-corrected chi connectivity index (χ2v) is 9.13. The molecular weight excluding hydrogens is 350 g/mol. The molecule has 3 rings (SSSR count). The fourth-order valence-corrected chi connectivity index (χ4v) is 4.72. The minimum Gasteiger partial charge on any atom is -0.200 e. The number of hydrogen-bond donors (Lipinski definition) is 0. The third-order valence-corrected chi connectivity index (χ3v) is 6.26. The fraction of sp³-hybridized carbons (Fsp3) is 0.464. The van der Waals surface area contributed by atoms with Crippen LogP contribution in [-0.4, -0.2) is 0 Å². The summed E-state index contributed by atoms with van der Waals surface area (Å²) in [4.78, 5) is 0. The van der Waals surface area contributed by atoms with Crippen molar-refractivity contribution in [2.45, 2.75) is 67.1 Å². The van der Waals surface area contributed by atoms with E-state index in [0.29, 0.717) is 29.5 Å². The van der Waals surface area contributed by atoms with Crippen molar-refractivity contribution in [3.05, 3.63) is 64.8 Å². The molecule has 1 heteroatoms. The van der Waals surface area contributed by atoms with Crippen molar-refractivity contribution >= 4 is 10.8 Å². The molecule has 1 nitrogen and oxygen atoms in total. The van der Waals surface area contributed by atoms with Gasteiger partial charge in [-0.3, -0.25) is 0 Å². The van der Waals surface area contributed by atoms with Gasteiger partial charge in [0.05, 0.1) is 10.9 Å². The molecule has 0 saturated carbocycles. The number of aryl methyl sites for hydroxylation is 1. The van der Waals surface area contributed by atoms with Crippen LogP contribution in [0.15, 0.2) is 42.6 Å². The Kier molecular flexibility index (Phi) is 4.48. The van der Waals surface area contributed by atoms with E-state index in [1.54, 1.807) is 0 Å². The molecule has 1 atom stereocenters. The number of benzene rings is 2. The minimum absolute atomic E-state index is 0.386. The van der Waals surface area contributed by atoms with Gasteiger partial charge in [0.15, 0.2) is 6.17 Å². The summed E-state index contributed by atoms with van der Waals surface area (Å²) in [5.41, 5.74) is 5.46. The lowest BCUT2D eigenvalue weighted by molar-refractivity contribution is -0.659. The quantitative estimate of drug-likeness (QED) is 0.396. The number of pyridine rings is 1. The molecule has 1 unspecified atom stereocenters. The van der Waals surface area contributed by atoms with E-state index in [1.807, 2.05) is 43.7 Å². The predicted molar refractivity (Wildman–Crippen MR) is 127 cm³/mol. The molecule has 0 N–H and O–H groups in total. The Morgan fingerprint density at radius 3 is 2.24 bits per heavy atom. The van der Waals surface area contributed by atoms with Gasteiger partial charge >= 0.3 is 0 Å². The molecule has 0 spiro atoms. The molecule has 0 aliphatic rings. The van der Waals surface area contributed by atoms with E-state index in [-0.39, 0.29) is 0 Å². The molecule has 0 aliphatic heterocycles. The van der Waals surface area contributed by atoms with E-state index in [0.717, 1.165) is 33.2 Å². The summed E-state index contributed by atoms with van der Waals surface area (Å²) in [5, 5.41) is 2.03. The van der Waals surface area contributed by atoms with Crippen molar-refractivity contribution in [3.63, 3.8) is 0 Å². The first-order valence-electron chi connectivity index (χ1n) is 13.1. The maximum atomic E-state index is 8.67. The van der Waals surface area contributed by atoms with Crippen molar-refractivity contribution in [2.75, 3.05) is 0 Å². The highest BCUT2D eigenvalue weighted by Crippen LogP contribution is 2.36. The van der Waals surface area contributed by atoms with E-state index in [2.05, 4.69) is 45.9 Å². The van der Waals surface area contributed by atoms with Crippen LogP contribution >= 0.6 is 0 Å². The lowest BCUT2D eigenvalue weighted by Crippen LogP contribution is -2.31. The summed E-state index contributed by atoms with van der Waals surface area (Å²) < 4.78 is 42.9. The van der Waals surface area contributed by atoms with Crippen molar-refractivity contribution in [3.8, 4) is 11.3 Å². The molecule has 0 saturated heterocycles. The van der Waals surface area contributed by atoms with Crippen molar-refractivity contribution in [1.82, 2.24) is 0 Å². The summed E-state index contributed by atoms with van der Waals surface area (Å²) in [6.07, 6.45) is 0.386. The second-order valence-electron chi connectivity index (χ2n) is 9.13. The normalized spacial score (nSPS) is 17.1. The van der Waals surface area contributed by atoms with E-state index >= 15 is 0 Å². The number of nitrogens with zero attached hydrogens (tertiary/aromatic N) is 1. The van der Waals surface area contributed by atoms with Gasteiger partial charge in [-0.1, -0.05) is 59.7 Å². The Labute approximate surface area is 184 Å². The van der Waals surface area contributed by atoms with Crippen LogP contribution in [0.1, 0.15) is 82.4 Å². The van der Waals surface area contributed by atoms with Crippen LogP contribution in [0.25, 0.3) is 22.0 Å². The Bertz CT molecular complexity index is 1210. The van der Waals surface area contributed by atoms with Crippen molar-refractivity contribution < 1.29 is 11.4 Å². The summed E-state index contributed by atoms with van der Waals surface area (Å²) in [6.45, 7) is 12.0. The molecule has 3 aromatic rings. The average Bonchev–Trinajstić information content (AvgIpc) is 2.70. The van der Waals surface area contributed by atoms with Crippen LogP contribution in [0.5, 0.6) is 0 Å². The minimum atomic E-state index is -2.45. The van der Waals surface area contributed by atoms with Gasteiger partial charge in [-0.15, -0.1) is 0 Å². The molecule has 29 heavy (non-hydrogen) atoms. The van der Waals surface area contributed by atoms with Gasteiger partial charge in [0, 0.05) is 11.5 Å². The van der Waals surface area contributed by atoms with Gasteiger partial charge in [-0.25, -0.2) is 4.57 Å². The van der Waals surface area contributed by atoms with E-state index < -0.39 is 12.7 Å². The molecule has 154 valence electrons. The van der Waals surface area contributed by atoms with Gasteiger partial charge in [-0.05, 0) is 77.3 Å². The molecule has 0 fully saturated rings. The third-order valence-electron chi connectivity index (χ3n) is 6.26.